The number of hydrogen-bond donors (Lipinski definition) is 1. The number of rotatable bonds is 9. The second-order valence-electron chi connectivity index (χ2n) is 5.80. The van der Waals surface area contributed by atoms with Gasteiger partial charge in [-0.25, -0.2) is 10.2 Å². The molecule has 0 radical (unpaired) electrons. The first-order valence-electron chi connectivity index (χ1n) is 8.77. The van der Waals surface area contributed by atoms with Crippen LogP contribution in [0.4, 0.5) is 0 Å². The third-order valence-corrected chi connectivity index (χ3v) is 6.92. The fourth-order valence-corrected chi connectivity index (χ4v) is 4.96. The van der Waals surface area contributed by atoms with Crippen molar-refractivity contribution >= 4 is 53.0 Å². The average Bonchev–Trinajstić information content (AvgIpc) is 3.25. The van der Waals surface area contributed by atoms with Crippen molar-refractivity contribution in [1.29, 1.82) is 0 Å². The van der Waals surface area contributed by atoms with E-state index in [1.807, 2.05) is 18.2 Å². The number of aromatic nitrogens is 2. The quantitative estimate of drug-likeness (QED) is 0.225. The molecule has 154 valence electrons. The van der Waals surface area contributed by atoms with E-state index < -0.39 is 5.97 Å². The third kappa shape index (κ3) is 6.97. The highest BCUT2D eigenvalue weighted by Crippen LogP contribution is 2.30. The number of ether oxygens (including phenoxy) is 1. The first-order chi connectivity index (χ1) is 14.6. The summed E-state index contributed by atoms with van der Waals surface area (Å²) in [7, 11) is 1.33. The van der Waals surface area contributed by atoms with Crippen molar-refractivity contribution in [1.82, 2.24) is 15.6 Å². The molecule has 0 spiro atoms. The number of carbonyl (C=O) groups excluding carboxylic acids is 2. The Morgan fingerprint density at radius 2 is 1.77 bits per heavy atom. The predicted molar refractivity (Wildman–Crippen MR) is 120 cm³/mol. The summed E-state index contributed by atoms with van der Waals surface area (Å²) in [6.07, 6.45) is 1.51. The van der Waals surface area contributed by atoms with Crippen molar-refractivity contribution < 1.29 is 14.3 Å². The smallest absolute Gasteiger partial charge is 0.337 e. The van der Waals surface area contributed by atoms with E-state index in [9.17, 15) is 9.59 Å². The second kappa shape index (κ2) is 11.5. The molecule has 3 rings (SSSR count). The van der Waals surface area contributed by atoms with Crippen LogP contribution in [0.2, 0.25) is 0 Å². The minimum absolute atomic E-state index is 0.191. The molecule has 0 atom stereocenters. The summed E-state index contributed by atoms with van der Waals surface area (Å²) in [5.74, 6) is 0.380. The number of benzene rings is 2. The Balaban J connectivity index is 1.40. The fourth-order valence-electron chi connectivity index (χ4n) is 2.19. The lowest BCUT2D eigenvalue weighted by atomic mass is 10.1. The van der Waals surface area contributed by atoms with Gasteiger partial charge in [-0.15, -0.1) is 10.2 Å². The van der Waals surface area contributed by atoms with Gasteiger partial charge in [-0.05, 0) is 23.3 Å². The molecule has 1 heterocycles. The highest BCUT2D eigenvalue weighted by atomic mass is 32.2. The van der Waals surface area contributed by atoms with E-state index in [0.29, 0.717) is 5.56 Å². The Morgan fingerprint density at radius 3 is 2.47 bits per heavy atom. The van der Waals surface area contributed by atoms with Gasteiger partial charge in [0.1, 0.15) is 0 Å². The van der Waals surface area contributed by atoms with Gasteiger partial charge in [0.25, 0.3) is 5.91 Å². The van der Waals surface area contributed by atoms with Crippen LogP contribution in [0.25, 0.3) is 0 Å². The number of thioether (sulfide) groups is 2. The molecule has 0 saturated heterocycles. The van der Waals surface area contributed by atoms with Crippen LogP contribution in [-0.4, -0.2) is 41.2 Å². The SMILES string of the molecule is COC(=O)c1ccc(C=NNC(=O)CSc2nnc(SCc3ccccc3)s2)cc1. The van der Waals surface area contributed by atoms with E-state index in [1.54, 1.807) is 36.0 Å². The molecule has 10 heteroatoms. The van der Waals surface area contributed by atoms with Gasteiger partial charge in [0, 0.05) is 5.75 Å². The second-order valence-corrected chi connectivity index (χ2v) is 9.23. The standard InChI is InChI=1S/C20H18N4O3S3/c1-27-18(26)16-9-7-14(8-10-16)11-21-22-17(25)13-29-20-24-23-19(30-20)28-12-15-5-3-2-4-6-15/h2-11H,12-13H2,1H3,(H,22,25). The van der Waals surface area contributed by atoms with Crippen molar-refractivity contribution in [3.63, 3.8) is 0 Å². The topological polar surface area (TPSA) is 93.5 Å². The van der Waals surface area contributed by atoms with Gasteiger partial charge in [-0.2, -0.15) is 5.10 Å². The Labute approximate surface area is 186 Å². The van der Waals surface area contributed by atoms with Crippen LogP contribution < -0.4 is 5.43 Å². The van der Waals surface area contributed by atoms with Crippen molar-refractivity contribution in [3.05, 3.63) is 71.3 Å². The summed E-state index contributed by atoms with van der Waals surface area (Å²) in [5, 5.41) is 12.2. The van der Waals surface area contributed by atoms with E-state index in [-0.39, 0.29) is 11.7 Å². The minimum Gasteiger partial charge on any atom is -0.465 e. The lowest BCUT2D eigenvalue weighted by molar-refractivity contribution is -0.118. The van der Waals surface area contributed by atoms with Gasteiger partial charge in [-0.1, -0.05) is 77.3 Å². The van der Waals surface area contributed by atoms with E-state index >= 15 is 0 Å². The molecule has 0 unspecified atom stereocenters. The molecule has 1 amide bonds. The average molecular weight is 459 g/mol. The highest BCUT2D eigenvalue weighted by Gasteiger charge is 2.09. The number of methoxy groups -OCH3 is 1. The summed E-state index contributed by atoms with van der Waals surface area (Å²) < 4.78 is 6.25. The maximum Gasteiger partial charge on any atom is 0.337 e. The first-order valence-corrected chi connectivity index (χ1v) is 11.6. The maximum absolute atomic E-state index is 12.0. The molecular weight excluding hydrogens is 440 g/mol. The Bertz CT molecular complexity index is 1010. The number of esters is 1. The van der Waals surface area contributed by atoms with Crippen LogP contribution in [0.3, 0.4) is 0 Å². The molecule has 2 aromatic carbocycles. The van der Waals surface area contributed by atoms with Crippen molar-refractivity contribution in [2.75, 3.05) is 12.9 Å². The third-order valence-electron chi connectivity index (χ3n) is 3.65. The summed E-state index contributed by atoms with van der Waals surface area (Å²) in [5.41, 5.74) is 4.90. The van der Waals surface area contributed by atoms with Crippen LogP contribution >= 0.6 is 34.9 Å². The lowest BCUT2D eigenvalue weighted by Gasteiger charge is -2.00. The monoisotopic (exact) mass is 458 g/mol. The van der Waals surface area contributed by atoms with Crippen LogP contribution in [-0.2, 0) is 15.3 Å². The van der Waals surface area contributed by atoms with E-state index in [2.05, 4.69) is 37.6 Å². The van der Waals surface area contributed by atoms with Gasteiger partial charge in [0.15, 0.2) is 8.68 Å². The molecule has 0 fully saturated rings. The zero-order valence-electron chi connectivity index (χ0n) is 16.0. The van der Waals surface area contributed by atoms with Crippen molar-refractivity contribution in [2.24, 2.45) is 5.10 Å². The van der Waals surface area contributed by atoms with E-state index in [0.717, 1.165) is 20.0 Å². The molecule has 0 aliphatic heterocycles. The Hall–Kier alpha value is -2.69. The van der Waals surface area contributed by atoms with E-state index in [1.165, 1.54) is 42.0 Å². The Morgan fingerprint density at radius 1 is 1.07 bits per heavy atom. The minimum atomic E-state index is -0.401. The first kappa shape index (κ1) is 22.0. The fraction of sp³-hybridized carbons (Fsp3) is 0.150. The summed E-state index contributed by atoms with van der Waals surface area (Å²) in [6, 6.07) is 16.8. The largest absolute Gasteiger partial charge is 0.465 e. The lowest BCUT2D eigenvalue weighted by Crippen LogP contribution is -2.19. The normalized spacial score (nSPS) is 10.8. The summed E-state index contributed by atoms with van der Waals surface area (Å²) >= 11 is 4.41. The molecule has 1 N–H and O–H groups in total. The molecule has 1 aromatic heterocycles. The molecule has 3 aromatic rings. The van der Waals surface area contributed by atoms with Gasteiger partial charge < -0.3 is 4.74 Å². The number of hydrazone groups is 1. The van der Waals surface area contributed by atoms with Gasteiger partial charge in [0.2, 0.25) is 0 Å². The number of hydrogen-bond acceptors (Lipinski definition) is 9. The van der Waals surface area contributed by atoms with E-state index in [4.69, 9.17) is 0 Å². The van der Waals surface area contributed by atoms with Gasteiger partial charge in [-0.3, -0.25) is 4.79 Å². The molecule has 0 saturated carbocycles. The summed E-state index contributed by atoms with van der Waals surface area (Å²) in [4.78, 5) is 23.3. The Kier molecular flexibility index (Phi) is 8.42. The number of amides is 1. The van der Waals surface area contributed by atoms with Gasteiger partial charge in [0.05, 0.1) is 24.6 Å². The molecule has 0 aliphatic carbocycles. The van der Waals surface area contributed by atoms with Crippen LogP contribution in [0.1, 0.15) is 21.5 Å². The van der Waals surface area contributed by atoms with Crippen LogP contribution in [0, 0.1) is 0 Å². The van der Waals surface area contributed by atoms with Crippen molar-refractivity contribution in [2.45, 2.75) is 14.4 Å². The van der Waals surface area contributed by atoms with Crippen molar-refractivity contribution in [3.8, 4) is 0 Å². The highest BCUT2D eigenvalue weighted by molar-refractivity contribution is 8.03. The summed E-state index contributed by atoms with van der Waals surface area (Å²) in [6.45, 7) is 0. The molecule has 0 aliphatic rings. The zero-order valence-corrected chi connectivity index (χ0v) is 18.4. The molecule has 0 bridgehead atoms. The van der Waals surface area contributed by atoms with Gasteiger partial charge >= 0.3 is 5.97 Å². The molecule has 7 nitrogen and oxygen atoms in total. The molecule has 30 heavy (non-hydrogen) atoms. The number of carbonyl (C=O) groups is 2. The predicted octanol–water partition coefficient (Wildman–Crippen LogP) is 3.86. The van der Waals surface area contributed by atoms with Crippen LogP contribution in [0.15, 0.2) is 68.4 Å². The van der Waals surface area contributed by atoms with Crippen LogP contribution in [0.5, 0.6) is 0 Å². The number of nitrogens with zero attached hydrogens (tertiary/aromatic N) is 3. The zero-order chi connectivity index (χ0) is 21.2. The number of nitrogens with one attached hydrogen (secondary N) is 1. The maximum atomic E-state index is 12.0. The molecular formula is C20H18N4O3S3.